The van der Waals surface area contributed by atoms with E-state index in [-0.39, 0.29) is 0 Å². The second-order valence-electron chi connectivity index (χ2n) is 4.53. The van der Waals surface area contributed by atoms with Gasteiger partial charge in [0.25, 0.3) is 0 Å². The molecule has 0 atom stereocenters. The molecular weight excluding hydrogens is 269 g/mol. The van der Waals surface area contributed by atoms with Crippen molar-refractivity contribution in [2.75, 3.05) is 0 Å². The Balaban J connectivity index is 2.43. The molecule has 0 amide bonds. The molecule has 1 aliphatic rings. The van der Waals surface area contributed by atoms with Gasteiger partial charge in [0.1, 0.15) is 0 Å². The highest BCUT2D eigenvalue weighted by molar-refractivity contribution is 6.45. The largest absolute Gasteiger partial charge is 0.298 e. The monoisotopic (exact) mass is 279 g/mol. The van der Waals surface area contributed by atoms with Gasteiger partial charge in [0, 0.05) is 16.6 Å². The van der Waals surface area contributed by atoms with Crippen LogP contribution in [0.2, 0.25) is 10.0 Å². The molecule has 18 heavy (non-hydrogen) atoms. The average Bonchev–Trinajstić information content (AvgIpc) is 2.41. The van der Waals surface area contributed by atoms with Gasteiger partial charge >= 0.3 is 0 Å². The zero-order valence-corrected chi connectivity index (χ0v) is 11.2. The zero-order valence-electron chi connectivity index (χ0n) is 9.67. The van der Waals surface area contributed by atoms with Crippen molar-refractivity contribution in [3.63, 3.8) is 0 Å². The Bertz CT molecular complexity index is 652. The minimum absolute atomic E-state index is 0.436. The number of aryl methyl sites for hydroxylation is 1. The lowest BCUT2D eigenvalue weighted by atomic mass is 9.90. The van der Waals surface area contributed by atoms with Gasteiger partial charge in [-0.3, -0.25) is 9.78 Å². The van der Waals surface area contributed by atoms with E-state index >= 15 is 0 Å². The summed E-state index contributed by atoms with van der Waals surface area (Å²) in [5.74, 6) is 0. The topological polar surface area (TPSA) is 30.0 Å². The molecule has 4 heteroatoms. The predicted molar refractivity (Wildman–Crippen MR) is 73.8 cm³/mol. The van der Waals surface area contributed by atoms with Crippen LogP contribution in [0.4, 0.5) is 0 Å². The molecule has 92 valence electrons. The molecule has 0 spiro atoms. The van der Waals surface area contributed by atoms with Gasteiger partial charge in [0.15, 0.2) is 6.29 Å². The van der Waals surface area contributed by atoms with Gasteiger partial charge in [0.05, 0.1) is 15.6 Å². The second-order valence-corrected chi connectivity index (χ2v) is 5.32. The smallest absolute Gasteiger partial charge is 0.151 e. The van der Waals surface area contributed by atoms with Crippen LogP contribution >= 0.6 is 23.2 Å². The molecule has 0 unspecified atom stereocenters. The van der Waals surface area contributed by atoms with Gasteiger partial charge in [-0.15, -0.1) is 0 Å². The van der Waals surface area contributed by atoms with Crippen LogP contribution in [0.25, 0.3) is 10.9 Å². The summed E-state index contributed by atoms with van der Waals surface area (Å²) >= 11 is 12.2. The summed E-state index contributed by atoms with van der Waals surface area (Å²) in [5.41, 5.74) is 3.46. The maximum absolute atomic E-state index is 11.4. The van der Waals surface area contributed by atoms with Crippen LogP contribution < -0.4 is 0 Å². The van der Waals surface area contributed by atoms with Gasteiger partial charge in [-0.2, -0.15) is 0 Å². The number of rotatable bonds is 1. The van der Waals surface area contributed by atoms with E-state index in [1.807, 2.05) is 6.07 Å². The number of hydrogen-bond acceptors (Lipinski definition) is 2. The maximum Gasteiger partial charge on any atom is 0.151 e. The molecule has 0 fully saturated rings. The fourth-order valence-corrected chi connectivity index (χ4v) is 2.96. The average molecular weight is 280 g/mol. The first-order valence-electron chi connectivity index (χ1n) is 5.97. The molecule has 1 heterocycles. The van der Waals surface area contributed by atoms with Gasteiger partial charge in [-0.05, 0) is 37.3 Å². The minimum atomic E-state index is 0.436. The van der Waals surface area contributed by atoms with Crippen molar-refractivity contribution < 1.29 is 4.79 Å². The third-order valence-corrected chi connectivity index (χ3v) is 4.28. The molecule has 0 radical (unpaired) electrons. The Morgan fingerprint density at radius 1 is 1.17 bits per heavy atom. The number of benzene rings is 1. The van der Waals surface area contributed by atoms with Gasteiger partial charge < -0.3 is 0 Å². The van der Waals surface area contributed by atoms with Crippen molar-refractivity contribution in [3.8, 4) is 0 Å². The predicted octanol–water partition coefficient (Wildman–Crippen LogP) is 4.23. The summed E-state index contributed by atoms with van der Waals surface area (Å²) in [5, 5.41) is 1.72. The Morgan fingerprint density at radius 2 is 1.94 bits per heavy atom. The first-order chi connectivity index (χ1) is 8.72. The van der Waals surface area contributed by atoms with Crippen LogP contribution in [0, 0.1) is 0 Å². The molecule has 3 rings (SSSR count). The van der Waals surface area contributed by atoms with Crippen molar-refractivity contribution in [1.29, 1.82) is 0 Å². The number of nitrogens with zero attached hydrogens (tertiary/aromatic N) is 1. The van der Waals surface area contributed by atoms with Crippen LogP contribution in [0.1, 0.15) is 34.5 Å². The number of aromatic nitrogens is 1. The lowest BCUT2D eigenvalue weighted by molar-refractivity contribution is 0.112. The molecule has 1 aliphatic carbocycles. The first-order valence-corrected chi connectivity index (χ1v) is 6.72. The van der Waals surface area contributed by atoms with Crippen molar-refractivity contribution in [2.45, 2.75) is 25.7 Å². The minimum Gasteiger partial charge on any atom is -0.298 e. The molecule has 2 nitrogen and oxygen atoms in total. The molecule has 0 bridgehead atoms. The van der Waals surface area contributed by atoms with E-state index in [4.69, 9.17) is 23.2 Å². The number of fused-ring (bicyclic) bond motifs is 2. The number of hydrogen-bond donors (Lipinski definition) is 0. The van der Waals surface area contributed by atoms with Crippen molar-refractivity contribution in [3.05, 3.63) is 39.0 Å². The van der Waals surface area contributed by atoms with Crippen LogP contribution in [-0.2, 0) is 12.8 Å². The normalized spacial score (nSPS) is 14.6. The molecular formula is C14H11Cl2NO. The standard InChI is InChI=1S/C14H11Cl2NO/c15-11-6-5-9-10(7-18)8-3-1-2-4-12(8)17-14(9)13(11)16/h5-7H,1-4H2. The SMILES string of the molecule is O=Cc1c2c(nc3c(Cl)c(Cl)ccc13)CCCC2. The quantitative estimate of drug-likeness (QED) is 0.731. The Labute approximate surface area is 115 Å². The second kappa shape index (κ2) is 4.52. The van der Waals surface area contributed by atoms with Gasteiger partial charge in [0.2, 0.25) is 0 Å². The summed E-state index contributed by atoms with van der Waals surface area (Å²) in [6.45, 7) is 0. The Morgan fingerprint density at radius 3 is 2.72 bits per heavy atom. The lowest BCUT2D eigenvalue weighted by Gasteiger charge is -2.18. The van der Waals surface area contributed by atoms with E-state index in [1.54, 1.807) is 6.07 Å². The first kappa shape index (κ1) is 11.9. The van der Waals surface area contributed by atoms with E-state index < -0.39 is 0 Å². The van der Waals surface area contributed by atoms with Crippen LogP contribution in [0.15, 0.2) is 12.1 Å². The van der Waals surface area contributed by atoms with Crippen molar-refractivity contribution in [1.82, 2.24) is 4.98 Å². The maximum atomic E-state index is 11.4. The highest BCUT2D eigenvalue weighted by Crippen LogP contribution is 2.34. The Kier molecular flexibility index (Phi) is 3.00. The number of aldehydes is 1. The molecule has 0 saturated heterocycles. The number of halogens is 2. The molecule has 0 saturated carbocycles. The van der Waals surface area contributed by atoms with Gasteiger partial charge in [-0.1, -0.05) is 29.3 Å². The Hall–Kier alpha value is -1.12. The van der Waals surface area contributed by atoms with E-state index in [1.165, 1.54) is 0 Å². The zero-order chi connectivity index (χ0) is 12.7. The number of pyridine rings is 1. The summed E-state index contributed by atoms with van der Waals surface area (Å²) in [7, 11) is 0. The van der Waals surface area contributed by atoms with Crippen molar-refractivity contribution in [2.24, 2.45) is 0 Å². The fourth-order valence-electron chi connectivity index (χ4n) is 2.60. The van der Waals surface area contributed by atoms with Crippen LogP contribution in [0.3, 0.4) is 0 Å². The number of carbonyl (C=O) groups is 1. The number of carbonyl (C=O) groups excluding carboxylic acids is 1. The third-order valence-electron chi connectivity index (χ3n) is 3.49. The molecule has 2 aromatic rings. The summed E-state index contributed by atoms with van der Waals surface area (Å²) in [6, 6.07) is 3.55. The molecule has 1 aromatic heterocycles. The summed E-state index contributed by atoms with van der Waals surface area (Å²) < 4.78 is 0. The van der Waals surface area contributed by atoms with E-state index in [9.17, 15) is 4.79 Å². The fraction of sp³-hybridized carbons (Fsp3) is 0.286. The van der Waals surface area contributed by atoms with E-state index in [0.29, 0.717) is 15.6 Å². The van der Waals surface area contributed by atoms with Crippen molar-refractivity contribution >= 4 is 40.4 Å². The highest BCUT2D eigenvalue weighted by Gasteiger charge is 2.19. The summed E-state index contributed by atoms with van der Waals surface area (Å²) in [4.78, 5) is 16.0. The summed E-state index contributed by atoms with van der Waals surface area (Å²) in [6.07, 6.45) is 4.98. The molecule has 0 aliphatic heterocycles. The highest BCUT2D eigenvalue weighted by atomic mass is 35.5. The van der Waals surface area contributed by atoms with Crippen LogP contribution in [0.5, 0.6) is 0 Å². The van der Waals surface area contributed by atoms with E-state index in [2.05, 4.69) is 4.98 Å². The van der Waals surface area contributed by atoms with Crippen LogP contribution in [-0.4, -0.2) is 11.3 Å². The van der Waals surface area contributed by atoms with Gasteiger partial charge in [-0.25, -0.2) is 0 Å². The lowest BCUT2D eigenvalue weighted by Crippen LogP contribution is -2.09. The molecule has 1 aromatic carbocycles. The van der Waals surface area contributed by atoms with E-state index in [0.717, 1.165) is 54.2 Å². The molecule has 0 N–H and O–H groups in total. The third kappa shape index (κ3) is 1.72.